The summed E-state index contributed by atoms with van der Waals surface area (Å²) in [5.41, 5.74) is 2.80. The molecule has 3 heteroatoms. The number of hydrogen-bond donors (Lipinski definition) is 1. The number of rotatable bonds is 5. The molecule has 1 aliphatic rings. The Labute approximate surface area is 109 Å². The molecular formula is C15H21N3. The molecule has 2 rings (SSSR count). The van der Waals surface area contributed by atoms with Gasteiger partial charge < -0.3 is 10.2 Å². The quantitative estimate of drug-likeness (QED) is 0.862. The Bertz CT molecular complexity index is 422. The molecule has 1 unspecified atom stereocenters. The summed E-state index contributed by atoms with van der Waals surface area (Å²) in [4.78, 5) is 2.42. The van der Waals surface area contributed by atoms with E-state index in [1.54, 1.807) is 0 Å². The second-order valence-electron chi connectivity index (χ2n) is 4.75. The highest BCUT2D eigenvalue weighted by Gasteiger charge is 2.17. The van der Waals surface area contributed by atoms with Crippen LogP contribution in [0, 0.1) is 11.3 Å². The Morgan fingerprint density at radius 3 is 3.06 bits per heavy atom. The molecule has 3 nitrogen and oxygen atoms in total. The molecule has 1 aliphatic heterocycles. The molecule has 0 aromatic heterocycles. The third kappa shape index (κ3) is 3.02. The molecule has 0 spiro atoms. The van der Waals surface area contributed by atoms with E-state index in [9.17, 15) is 0 Å². The number of fused-ring (bicyclic) bond motifs is 1. The topological polar surface area (TPSA) is 39.1 Å². The van der Waals surface area contributed by atoms with Crippen LogP contribution >= 0.6 is 0 Å². The molecule has 0 saturated heterocycles. The number of nitrogens with one attached hydrogen (secondary N) is 1. The minimum atomic E-state index is -0.0240. The van der Waals surface area contributed by atoms with Gasteiger partial charge in [-0.05, 0) is 37.4 Å². The maximum atomic E-state index is 9.05. The van der Waals surface area contributed by atoms with Crippen LogP contribution in [0.4, 0.5) is 5.69 Å². The van der Waals surface area contributed by atoms with E-state index in [4.69, 9.17) is 5.26 Å². The Balaban J connectivity index is 1.97. The highest BCUT2D eigenvalue weighted by molar-refractivity contribution is 5.55. The standard InChI is InChI=1S/C15H21N3/c1-2-17-14(12-16)9-11-18-10-5-7-13-6-3-4-8-15(13)18/h3-4,6,8,14,17H,2,5,7,9-11H2,1H3. The van der Waals surface area contributed by atoms with Gasteiger partial charge in [-0.3, -0.25) is 0 Å². The minimum absolute atomic E-state index is 0.0240. The van der Waals surface area contributed by atoms with E-state index in [0.717, 1.165) is 26.1 Å². The molecule has 0 saturated carbocycles. The van der Waals surface area contributed by atoms with E-state index in [1.807, 2.05) is 6.92 Å². The third-order valence-corrected chi connectivity index (χ3v) is 3.50. The van der Waals surface area contributed by atoms with Crippen molar-refractivity contribution >= 4 is 5.69 Å². The van der Waals surface area contributed by atoms with Crippen molar-refractivity contribution in [1.29, 1.82) is 5.26 Å². The van der Waals surface area contributed by atoms with E-state index in [-0.39, 0.29) is 6.04 Å². The van der Waals surface area contributed by atoms with Gasteiger partial charge in [-0.15, -0.1) is 0 Å². The molecule has 0 bridgehead atoms. The second kappa shape index (κ2) is 6.42. The van der Waals surface area contributed by atoms with E-state index in [1.165, 1.54) is 24.1 Å². The third-order valence-electron chi connectivity index (χ3n) is 3.50. The normalized spacial score (nSPS) is 15.9. The van der Waals surface area contributed by atoms with Gasteiger partial charge >= 0.3 is 0 Å². The predicted molar refractivity (Wildman–Crippen MR) is 74.7 cm³/mol. The molecule has 0 fully saturated rings. The fourth-order valence-corrected chi connectivity index (χ4v) is 2.59. The van der Waals surface area contributed by atoms with Crippen LogP contribution < -0.4 is 10.2 Å². The molecule has 1 N–H and O–H groups in total. The van der Waals surface area contributed by atoms with Crippen molar-refractivity contribution in [3.63, 3.8) is 0 Å². The lowest BCUT2D eigenvalue weighted by molar-refractivity contribution is 0.564. The van der Waals surface area contributed by atoms with Crippen LogP contribution in [0.2, 0.25) is 0 Å². The summed E-state index contributed by atoms with van der Waals surface area (Å²) in [5.74, 6) is 0. The number of para-hydroxylation sites is 1. The van der Waals surface area contributed by atoms with Crippen molar-refractivity contribution in [2.24, 2.45) is 0 Å². The zero-order valence-corrected chi connectivity index (χ0v) is 11.0. The highest BCUT2D eigenvalue weighted by Crippen LogP contribution is 2.26. The lowest BCUT2D eigenvalue weighted by Gasteiger charge is -2.31. The maximum Gasteiger partial charge on any atom is 0.0969 e. The Kier molecular flexibility index (Phi) is 4.60. The zero-order chi connectivity index (χ0) is 12.8. The second-order valence-corrected chi connectivity index (χ2v) is 4.75. The van der Waals surface area contributed by atoms with Crippen LogP contribution in [-0.4, -0.2) is 25.7 Å². The lowest BCUT2D eigenvalue weighted by atomic mass is 10.0. The van der Waals surface area contributed by atoms with E-state index in [2.05, 4.69) is 40.6 Å². The first-order chi connectivity index (χ1) is 8.85. The number of anilines is 1. The summed E-state index contributed by atoms with van der Waals surface area (Å²) in [5, 5.41) is 12.3. The van der Waals surface area contributed by atoms with E-state index >= 15 is 0 Å². The van der Waals surface area contributed by atoms with Crippen LogP contribution in [0.3, 0.4) is 0 Å². The summed E-state index contributed by atoms with van der Waals surface area (Å²) in [6, 6.07) is 10.9. The van der Waals surface area contributed by atoms with Crippen molar-refractivity contribution in [3.8, 4) is 6.07 Å². The lowest BCUT2D eigenvalue weighted by Crippen LogP contribution is -2.35. The summed E-state index contributed by atoms with van der Waals surface area (Å²) >= 11 is 0. The molecular weight excluding hydrogens is 222 g/mol. The molecule has 96 valence electrons. The average Bonchev–Trinajstić information content (AvgIpc) is 2.43. The van der Waals surface area contributed by atoms with Crippen molar-refractivity contribution in [3.05, 3.63) is 29.8 Å². The van der Waals surface area contributed by atoms with E-state index < -0.39 is 0 Å². The Morgan fingerprint density at radius 2 is 2.28 bits per heavy atom. The summed E-state index contributed by atoms with van der Waals surface area (Å²) < 4.78 is 0. The first-order valence-corrected chi connectivity index (χ1v) is 6.81. The monoisotopic (exact) mass is 243 g/mol. The molecule has 1 aromatic carbocycles. The van der Waals surface area contributed by atoms with Crippen LogP contribution in [0.25, 0.3) is 0 Å². The van der Waals surface area contributed by atoms with Crippen LogP contribution in [0.5, 0.6) is 0 Å². The maximum absolute atomic E-state index is 9.05. The number of hydrogen-bond acceptors (Lipinski definition) is 3. The summed E-state index contributed by atoms with van der Waals surface area (Å²) in [6.07, 6.45) is 3.29. The van der Waals surface area contributed by atoms with Crippen LogP contribution in [-0.2, 0) is 6.42 Å². The van der Waals surface area contributed by atoms with Crippen LogP contribution in [0.1, 0.15) is 25.3 Å². The number of nitrogens with zero attached hydrogens (tertiary/aromatic N) is 2. The smallest absolute Gasteiger partial charge is 0.0969 e. The van der Waals surface area contributed by atoms with Gasteiger partial charge in [-0.1, -0.05) is 25.1 Å². The van der Waals surface area contributed by atoms with Crippen molar-refractivity contribution in [2.75, 3.05) is 24.5 Å². The first-order valence-electron chi connectivity index (χ1n) is 6.81. The number of nitriles is 1. The SMILES string of the molecule is CCNC(C#N)CCN1CCCc2ccccc21. The highest BCUT2D eigenvalue weighted by atomic mass is 15.1. The van der Waals surface area contributed by atoms with E-state index in [0.29, 0.717) is 0 Å². The van der Waals surface area contributed by atoms with Gasteiger partial charge in [0.05, 0.1) is 12.1 Å². The molecule has 0 radical (unpaired) electrons. The van der Waals surface area contributed by atoms with Gasteiger partial charge in [0, 0.05) is 18.8 Å². The van der Waals surface area contributed by atoms with Gasteiger partial charge in [0.2, 0.25) is 0 Å². The Hall–Kier alpha value is -1.53. The van der Waals surface area contributed by atoms with Gasteiger partial charge in [-0.2, -0.15) is 5.26 Å². The van der Waals surface area contributed by atoms with Crippen molar-refractivity contribution in [2.45, 2.75) is 32.2 Å². The fraction of sp³-hybridized carbons (Fsp3) is 0.533. The molecule has 18 heavy (non-hydrogen) atoms. The average molecular weight is 243 g/mol. The molecule has 1 aromatic rings. The molecule has 1 atom stereocenters. The molecule has 0 aliphatic carbocycles. The van der Waals surface area contributed by atoms with Gasteiger partial charge in [0.1, 0.15) is 0 Å². The minimum Gasteiger partial charge on any atom is -0.371 e. The molecule has 1 heterocycles. The van der Waals surface area contributed by atoms with Gasteiger partial charge in [0.15, 0.2) is 0 Å². The van der Waals surface area contributed by atoms with Gasteiger partial charge in [0.25, 0.3) is 0 Å². The van der Waals surface area contributed by atoms with Crippen LogP contribution in [0.15, 0.2) is 24.3 Å². The summed E-state index contributed by atoms with van der Waals surface area (Å²) in [6.45, 7) is 4.97. The fourth-order valence-electron chi connectivity index (χ4n) is 2.59. The van der Waals surface area contributed by atoms with Crippen molar-refractivity contribution in [1.82, 2.24) is 5.32 Å². The van der Waals surface area contributed by atoms with Crippen molar-refractivity contribution < 1.29 is 0 Å². The number of benzene rings is 1. The number of aryl methyl sites for hydroxylation is 1. The largest absolute Gasteiger partial charge is 0.371 e. The molecule has 0 amide bonds. The predicted octanol–water partition coefficient (Wildman–Crippen LogP) is 2.33. The Morgan fingerprint density at radius 1 is 1.44 bits per heavy atom. The summed E-state index contributed by atoms with van der Waals surface area (Å²) in [7, 11) is 0. The zero-order valence-electron chi connectivity index (χ0n) is 11.0. The first kappa shape index (κ1) is 12.9. The van der Waals surface area contributed by atoms with Gasteiger partial charge in [-0.25, -0.2) is 0 Å².